The molecule has 1 aromatic rings. The van der Waals surface area contributed by atoms with E-state index in [9.17, 15) is 0 Å². The second-order valence-electron chi connectivity index (χ2n) is 3.83. The minimum Gasteiger partial charge on any atom is -0.403 e. The number of nitrogens with one attached hydrogen (secondary N) is 1. The highest BCUT2D eigenvalue weighted by molar-refractivity contribution is 6.91. The first kappa shape index (κ1) is 9.43. The van der Waals surface area contributed by atoms with Gasteiger partial charge in [0.15, 0.2) is 0 Å². The number of hydrogen-bond donors (Lipinski definition) is 1. The molecule has 0 unspecified atom stereocenters. The average Bonchev–Trinajstić information content (AvgIpc) is 2.62. The van der Waals surface area contributed by atoms with E-state index in [1.54, 1.807) is 0 Å². The molecule has 1 heterocycles. The number of aromatic amines is 1. The highest BCUT2D eigenvalue weighted by Gasteiger charge is 2.20. The van der Waals surface area contributed by atoms with Crippen LogP contribution in [0.15, 0.2) is 18.3 Å². The van der Waals surface area contributed by atoms with Crippen molar-refractivity contribution in [2.24, 2.45) is 0 Å². The maximum atomic E-state index is 3.36. The summed E-state index contributed by atoms with van der Waals surface area (Å²) in [5.74, 6) is 0. The fourth-order valence-corrected chi connectivity index (χ4v) is 2.25. The van der Waals surface area contributed by atoms with Crippen molar-refractivity contribution < 1.29 is 0 Å². The molecule has 0 saturated carbocycles. The van der Waals surface area contributed by atoms with Crippen LogP contribution in [0, 0.1) is 0 Å². The summed E-state index contributed by atoms with van der Waals surface area (Å²) in [5, 5.41) is 0. The van der Waals surface area contributed by atoms with Crippen LogP contribution in [0.2, 0.25) is 19.0 Å². The molecule has 1 N–H and O–H groups in total. The molecule has 0 fully saturated rings. The Labute approximate surface area is 75.5 Å². The lowest BCUT2D eigenvalue weighted by Gasteiger charge is -2.35. The van der Waals surface area contributed by atoms with E-state index in [1.807, 2.05) is 6.20 Å². The monoisotopic (exact) mass is 164 g/mol. The summed E-state index contributed by atoms with van der Waals surface area (Å²) in [7, 11) is 0. The Morgan fingerprint density at radius 2 is 1.75 bits per heavy atom. The first-order chi connectivity index (χ1) is 5.79. The Hall–Kier alpha value is -0.655. The van der Waals surface area contributed by atoms with Crippen LogP contribution in [0.5, 0.6) is 0 Å². The van der Waals surface area contributed by atoms with Gasteiger partial charge < -0.3 is 4.98 Å². The molecule has 1 rings (SSSR count). The summed E-state index contributed by atoms with van der Waals surface area (Å²) in [6, 6.07) is 4.34. The van der Waals surface area contributed by atoms with Crippen LogP contribution in [-0.2, 0) is 0 Å². The zero-order valence-corrected chi connectivity index (χ0v) is 8.43. The van der Waals surface area contributed by atoms with Gasteiger partial charge in [0.05, 0.1) is 0 Å². The van der Waals surface area contributed by atoms with Crippen molar-refractivity contribution in [2.45, 2.75) is 39.7 Å². The molecular formula is C10H19BN-. The predicted molar refractivity (Wildman–Crippen MR) is 57.6 cm³/mol. The first-order valence-corrected chi connectivity index (χ1v) is 5.13. The van der Waals surface area contributed by atoms with E-state index in [4.69, 9.17) is 0 Å². The highest BCUT2D eigenvalue weighted by atomic mass is 14.7. The van der Waals surface area contributed by atoms with Crippen LogP contribution in [0.1, 0.15) is 20.8 Å². The van der Waals surface area contributed by atoms with Gasteiger partial charge in [-0.1, -0.05) is 26.8 Å². The zero-order chi connectivity index (χ0) is 9.03. The standard InChI is InChI=1S/C10H19BN/c1-4-11(5-2,6-3)10-8-7-9-12-10/h7-9,12H,4-6H2,1-3H3/q-1. The van der Waals surface area contributed by atoms with Gasteiger partial charge in [0.2, 0.25) is 0 Å². The highest BCUT2D eigenvalue weighted by Crippen LogP contribution is 2.18. The summed E-state index contributed by atoms with van der Waals surface area (Å²) in [4.78, 5) is 3.36. The van der Waals surface area contributed by atoms with E-state index in [0.29, 0.717) is 0 Å². The van der Waals surface area contributed by atoms with E-state index >= 15 is 0 Å². The van der Waals surface area contributed by atoms with Crippen molar-refractivity contribution in [2.75, 3.05) is 0 Å². The van der Waals surface area contributed by atoms with Gasteiger partial charge in [-0.15, -0.1) is 5.59 Å². The third-order valence-corrected chi connectivity index (χ3v) is 3.63. The van der Waals surface area contributed by atoms with Gasteiger partial charge in [0, 0.05) is 6.15 Å². The van der Waals surface area contributed by atoms with Crippen molar-refractivity contribution in [1.82, 2.24) is 4.98 Å². The van der Waals surface area contributed by atoms with E-state index < -0.39 is 0 Å². The molecule has 0 aromatic carbocycles. The van der Waals surface area contributed by atoms with E-state index in [1.165, 1.54) is 24.6 Å². The molecule has 0 saturated heterocycles. The molecule has 0 bridgehead atoms. The van der Waals surface area contributed by atoms with Gasteiger partial charge in [0.25, 0.3) is 0 Å². The summed E-state index contributed by atoms with van der Waals surface area (Å²) < 4.78 is 0. The summed E-state index contributed by atoms with van der Waals surface area (Å²) in [5.41, 5.74) is 1.46. The molecule has 0 aliphatic heterocycles. The molecule has 68 valence electrons. The smallest absolute Gasteiger partial charge is 0.0452 e. The molecule has 1 aromatic heterocycles. The van der Waals surface area contributed by atoms with Gasteiger partial charge in [-0.25, -0.2) is 0 Å². The van der Waals surface area contributed by atoms with Gasteiger partial charge in [0.1, 0.15) is 0 Å². The summed E-state index contributed by atoms with van der Waals surface area (Å²) >= 11 is 0. The van der Waals surface area contributed by atoms with Crippen LogP contribution in [0.25, 0.3) is 0 Å². The summed E-state index contributed by atoms with van der Waals surface area (Å²) in [6.45, 7) is 6.90. The molecule has 1 nitrogen and oxygen atoms in total. The molecule has 12 heavy (non-hydrogen) atoms. The van der Waals surface area contributed by atoms with Crippen molar-refractivity contribution in [1.29, 1.82) is 0 Å². The van der Waals surface area contributed by atoms with Crippen molar-refractivity contribution in [3.63, 3.8) is 0 Å². The van der Waals surface area contributed by atoms with Crippen LogP contribution >= 0.6 is 0 Å². The fraction of sp³-hybridized carbons (Fsp3) is 0.600. The molecule has 0 atom stereocenters. The third-order valence-electron chi connectivity index (χ3n) is 3.63. The minimum absolute atomic E-state index is 0.278. The second kappa shape index (κ2) is 3.84. The van der Waals surface area contributed by atoms with E-state index in [0.717, 1.165) is 0 Å². The van der Waals surface area contributed by atoms with Gasteiger partial charge in [-0.05, 0) is 12.3 Å². The molecular weight excluding hydrogens is 145 g/mol. The first-order valence-electron chi connectivity index (χ1n) is 5.13. The normalized spacial score (nSPS) is 11.9. The maximum Gasteiger partial charge on any atom is 0.0452 e. The average molecular weight is 164 g/mol. The zero-order valence-electron chi connectivity index (χ0n) is 8.43. The Morgan fingerprint density at radius 1 is 1.17 bits per heavy atom. The Bertz CT molecular complexity index is 203. The largest absolute Gasteiger partial charge is 0.403 e. The lowest BCUT2D eigenvalue weighted by molar-refractivity contribution is 1.18. The van der Waals surface area contributed by atoms with Crippen LogP contribution in [0.4, 0.5) is 0 Å². The maximum absolute atomic E-state index is 3.36. The topological polar surface area (TPSA) is 15.8 Å². The van der Waals surface area contributed by atoms with Gasteiger partial charge in [-0.3, -0.25) is 0 Å². The molecule has 0 amide bonds. The van der Waals surface area contributed by atoms with Crippen LogP contribution < -0.4 is 5.59 Å². The minimum atomic E-state index is -0.278. The lowest BCUT2D eigenvalue weighted by atomic mass is 9.19. The molecule has 2 heteroatoms. The Kier molecular flexibility index (Phi) is 3.02. The van der Waals surface area contributed by atoms with Gasteiger partial charge >= 0.3 is 0 Å². The lowest BCUT2D eigenvalue weighted by Crippen LogP contribution is -2.46. The van der Waals surface area contributed by atoms with Gasteiger partial charge in [-0.2, -0.15) is 19.0 Å². The second-order valence-corrected chi connectivity index (χ2v) is 3.83. The fourth-order valence-electron chi connectivity index (χ4n) is 2.25. The molecule has 0 aliphatic rings. The SMILES string of the molecule is CC[B-](CC)(CC)c1ccc[nH]1. The van der Waals surface area contributed by atoms with Crippen molar-refractivity contribution in [3.05, 3.63) is 18.3 Å². The number of H-pyrrole nitrogens is 1. The van der Waals surface area contributed by atoms with Crippen LogP contribution in [-0.4, -0.2) is 11.1 Å². The van der Waals surface area contributed by atoms with Crippen LogP contribution in [0.3, 0.4) is 0 Å². The van der Waals surface area contributed by atoms with Crippen molar-refractivity contribution >= 4 is 11.7 Å². The predicted octanol–water partition coefficient (Wildman–Crippen LogP) is 2.73. The molecule has 0 radical (unpaired) electrons. The van der Waals surface area contributed by atoms with E-state index in [2.05, 4.69) is 37.9 Å². The molecule has 0 spiro atoms. The molecule has 0 aliphatic carbocycles. The van der Waals surface area contributed by atoms with Crippen molar-refractivity contribution in [3.8, 4) is 0 Å². The Morgan fingerprint density at radius 3 is 2.08 bits per heavy atom. The van der Waals surface area contributed by atoms with E-state index in [-0.39, 0.29) is 6.15 Å². The number of rotatable bonds is 4. The number of hydrogen-bond acceptors (Lipinski definition) is 0. The summed E-state index contributed by atoms with van der Waals surface area (Å²) in [6.07, 6.45) is 5.61. The Balaban J connectivity index is 2.93. The number of aromatic nitrogens is 1. The third kappa shape index (κ3) is 1.43. The quantitative estimate of drug-likeness (QED) is 0.658.